The lowest BCUT2D eigenvalue weighted by Gasteiger charge is -2.17. The molecule has 0 unspecified atom stereocenters. The summed E-state index contributed by atoms with van der Waals surface area (Å²) in [6.45, 7) is 6.69. The van der Waals surface area contributed by atoms with Gasteiger partial charge in [-0.05, 0) is 62.1 Å². The summed E-state index contributed by atoms with van der Waals surface area (Å²) >= 11 is 3.62. The van der Waals surface area contributed by atoms with Crippen LogP contribution in [0.1, 0.15) is 36.1 Å². The van der Waals surface area contributed by atoms with E-state index in [4.69, 9.17) is 0 Å². The Bertz CT molecular complexity index is 699. The summed E-state index contributed by atoms with van der Waals surface area (Å²) in [7, 11) is 0. The molecule has 1 saturated carbocycles. The first kappa shape index (κ1) is 16.7. The first-order valence-corrected chi connectivity index (χ1v) is 9.26. The van der Waals surface area contributed by atoms with Crippen LogP contribution >= 0.6 is 23.1 Å². The Morgan fingerprint density at radius 3 is 2.22 bits per heavy atom. The van der Waals surface area contributed by atoms with E-state index in [1.807, 2.05) is 11.8 Å². The van der Waals surface area contributed by atoms with Crippen molar-refractivity contribution in [2.75, 3.05) is 0 Å². The number of hydrogen-bond donors (Lipinski definition) is 0. The molecule has 1 fully saturated rings. The van der Waals surface area contributed by atoms with Crippen LogP contribution < -0.4 is 0 Å². The average molecular weight is 336 g/mol. The summed E-state index contributed by atoms with van der Waals surface area (Å²) in [5.74, 6) is 7.80. The van der Waals surface area contributed by atoms with Crippen molar-refractivity contribution in [3.05, 3.63) is 83.3 Å². The van der Waals surface area contributed by atoms with Gasteiger partial charge in [0.2, 0.25) is 0 Å². The highest BCUT2D eigenvalue weighted by Crippen LogP contribution is 2.34. The minimum Gasteiger partial charge on any atom is -0.131 e. The third kappa shape index (κ3) is 4.90. The highest BCUT2D eigenvalue weighted by Gasteiger charge is 2.20. The summed E-state index contributed by atoms with van der Waals surface area (Å²) in [5, 5.41) is 0. The number of thiophene rings is 1. The van der Waals surface area contributed by atoms with Crippen LogP contribution in [0.4, 0.5) is 0 Å². The van der Waals surface area contributed by atoms with Crippen molar-refractivity contribution < 1.29 is 0 Å². The third-order valence-corrected chi connectivity index (χ3v) is 5.33. The monoisotopic (exact) mass is 335 g/mol. The van der Waals surface area contributed by atoms with Crippen molar-refractivity contribution in [1.82, 2.24) is 0 Å². The largest absolute Gasteiger partial charge is 0.131 e. The number of hydrogen-bond acceptors (Lipinski definition) is 2. The summed E-state index contributed by atoms with van der Waals surface area (Å²) in [6.07, 6.45) is 8.40. The molecule has 2 aromatic rings. The Kier molecular flexibility index (Phi) is 5.19. The lowest BCUT2D eigenvalue weighted by molar-refractivity contribution is 0.803. The quantitative estimate of drug-likeness (QED) is 0.494. The molecule has 3 rings (SSSR count). The van der Waals surface area contributed by atoms with E-state index in [1.54, 1.807) is 11.3 Å². The molecule has 0 spiro atoms. The van der Waals surface area contributed by atoms with Crippen LogP contribution in [0, 0.1) is 43.4 Å². The van der Waals surface area contributed by atoms with Gasteiger partial charge in [0.15, 0.2) is 0 Å². The molecule has 1 aromatic carbocycles. The fraction of sp³-hybridized carbons (Fsp3) is 0.190. The lowest BCUT2D eigenvalue weighted by atomic mass is 10.1. The van der Waals surface area contributed by atoms with Gasteiger partial charge in [-0.25, -0.2) is 0 Å². The average Bonchev–Trinajstić information content (AvgIpc) is 3.16. The van der Waals surface area contributed by atoms with Crippen LogP contribution in [0.25, 0.3) is 0 Å². The van der Waals surface area contributed by atoms with Crippen molar-refractivity contribution in [2.24, 2.45) is 0 Å². The molecule has 0 nitrogen and oxygen atoms in total. The molecule has 0 N–H and O–H groups in total. The van der Waals surface area contributed by atoms with Gasteiger partial charge in [0.05, 0.1) is 4.88 Å². The van der Waals surface area contributed by atoms with E-state index in [0.717, 1.165) is 10.4 Å². The minimum atomic E-state index is 0.237. The Morgan fingerprint density at radius 1 is 0.870 bits per heavy atom. The van der Waals surface area contributed by atoms with E-state index in [-0.39, 0.29) is 4.75 Å². The number of thioether (sulfide) groups is 1. The molecule has 1 heterocycles. The SMILES string of the molecule is CC(C)(C)Sc1ccc(C#Cc2ccc([C]3[CH][CH][CH][CH]3)s2)cc1. The Balaban J connectivity index is 1.67. The third-order valence-electron chi connectivity index (χ3n) is 3.16. The van der Waals surface area contributed by atoms with Gasteiger partial charge in [0, 0.05) is 26.0 Å². The predicted octanol–water partition coefficient (Wildman–Crippen LogP) is 5.79. The first-order valence-electron chi connectivity index (χ1n) is 7.63. The maximum Gasteiger partial charge on any atom is 0.0775 e. The summed E-state index contributed by atoms with van der Waals surface area (Å²) in [6, 6.07) is 12.8. The smallest absolute Gasteiger partial charge is 0.0775 e. The molecule has 23 heavy (non-hydrogen) atoms. The van der Waals surface area contributed by atoms with Crippen LogP contribution in [-0.2, 0) is 0 Å². The van der Waals surface area contributed by atoms with Crippen molar-refractivity contribution in [2.45, 2.75) is 30.4 Å². The maximum absolute atomic E-state index is 3.27. The van der Waals surface area contributed by atoms with Gasteiger partial charge >= 0.3 is 0 Å². The Labute approximate surface area is 148 Å². The fourth-order valence-corrected chi connectivity index (χ4v) is 4.04. The second kappa shape index (κ2) is 7.16. The van der Waals surface area contributed by atoms with Crippen LogP contribution in [0.15, 0.2) is 41.3 Å². The highest BCUT2D eigenvalue weighted by atomic mass is 32.2. The molecule has 0 amide bonds. The molecule has 1 aromatic heterocycles. The topological polar surface area (TPSA) is 0 Å². The van der Waals surface area contributed by atoms with Crippen LogP contribution in [-0.4, -0.2) is 4.75 Å². The van der Waals surface area contributed by atoms with E-state index in [9.17, 15) is 0 Å². The van der Waals surface area contributed by atoms with Gasteiger partial charge in [-0.15, -0.1) is 23.1 Å². The molecule has 1 aliphatic rings. The second-order valence-electron chi connectivity index (χ2n) is 6.33. The molecule has 115 valence electrons. The molecule has 0 atom stereocenters. The summed E-state index contributed by atoms with van der Waals surface area (Å²) < 4.78 is 0.237. The first-order chi connectivity index (χ1) is 11.0. The van der Waals surface area contributed by atoms with E-state index in [2.05, 4.69) is 94.7 Å². The van der Waals surface area contributed by atoms with Crippen LogP contribution in [0.5, 0.6) is 0 Å². The van der Waals surface area contributed by atoms with Gasteiger partial charge in [-0.3, -0.25) is 0 Å². The Morgan fingerprint density at radius 2 is 1.57 bits per heavy atom. The fourth-order valence-electron chi connectivity index (χ4n) is 2.19. The van der Waals surface area contributed by atoms with E-state index < -0.39 is 0 Å². The zero-order chi connectivity index (χ0) is 16.3. The van der Waals surface area contributed by atoms with Gasteiger partial charge in [-0.1, -0.05) is 32.6 Å². The zero-order valence-corrected chi connectivity index (χ0v) is 15.2. The lowest BCUT2D eigenvalue weighted by Crippen LogP contribution is -2.06. The number of rotatable bonds is 2. The molecule has 5 radical (unpaired) electrons. The maximum atomic E-state index is 3.27. The van der Waals surface area contributed by atoms with Crippen molar-refractivity contribution >= 4 is 23.1 Å². The van der Waals surface area contributed by atoms with Crippen molar-refractivity contribution in [3.8, 4) is 11.8 Å². The molecule has 1 aliphatic carbocycles. The molecular formula is C21H19S2. The molecule has 0 bridgehead atoms. The zero-order valence-electron chi connectivity index (χ0n) is 13.6. The minimum absolute atomic E-state index is 0.237. The van der Waals surface area contributed by atoms with Gasteiger partial charge < -0.3 is 0 Å². The van der Waals surface area contributed by atoms with Gasteiger partial charge in [0.25, 0.3) is 0 Å². The Hall–Kier alpha value is -1.17. The standard InChI is InChI=1S/C21H19S2/c1-21(2,3)23-19-12-9-16(10-13-19)8-11-18-14-15-20(22-18)17-6-4-5-7-17/h4-7,9-10,12-15H,1-3H3. The second-order valence-corrected chi connectivity index (χ2v) is 9.31. The van der Waals surface area contributed by atoms with Gasteiger partial charge in [-0.2, -0.15) is 0 Å². The molecule has 0 saturated heterocycles. The van der Waals surface area contributed by atoms with Crippen LogP contribution in [0.3, 0.4) is 0 Å². The van der Waals surface area contributed by atoms with Crippen LogP contribution in [0.2, 0.25) is 0 Å². The van der Waals surface area contributed by atoms with E-state index in [1.165, 1.54) is 15.7 Å². The number of benzene rings is 1. The summed E-state index contributed by atoms with van der Waals surface area (Å²) in [5.41, 5.74) is 1.06. The molecular weight excluding hydrogens is 316 g/mol. The van der Waals surface area contributed by atoms with E-state index >= 15 is 0 Å². The molecule has 2 heteroatoms. The normalized spacial score (nSPS) is 15.4. The van der Waals surface area contributed by atoms with Crippen molar-refractivity contribution in [1.29, 1.82) is 0 Å². The van der Waals surface area contributed by atoms with Crippen molar-refractivity contribution in [3.63, 3.8) is 0 Å². The van der Waals surface area contributed by atoms with E-state index in [0.29, 0.717) is 0 Å². The predicted molar refractivity (Wildman–Crippen MR) is 102 cm³/mol. The highest BCUT2D eigenvalue weighted by molar-refractivity contribution is 8.00. The molecule has 0 aliphatic heterocycles. The summed E-state index contributed by atoms with van der Waals surface area (Å²) in [4.78, 5) is 3.67. The van der Waals surface area contributed by atoms with Gasteiger partial charge in [0.1, 0.15) is 0 Å².